The fourth-order valence-corrected chi connectivity index (χ4v) is 0.793. The number of hydrogen-bond donors (Lipinski definition) is 2. The number of aliphatic hydroxyl groups is 2. The van der Waals surface area contributed by atoms with Gasteiger partial charge in [-0.1, -0.05) is 27.2 Å². The van der Waals surface area contributed by atoms with Crippen LogP contribution in [0.2, 0.25) is 0 Å². The van der Waals surface area contributed by atoms with Gasteiger partial charge >= 0.3 is 0 Å². The number of nitrogens with zero attached hydrogens (tertiary/aromatic N) is 1. The second-order valence-electron chi connectivity index (χ2n) is 2.19. The molecule has 0 aromatic heterocycles. The Morgan fingerprint density at radius 1 is 0.929 bits per heavy atom. The Morgan fingerprint density at radius 2 is 1.29 bits per heavy atom. The molecule has 0 rings (SSSR count). The minimum Gasteiger partial charge on any atom is -0.457 e. The Morgan fingerprint density at radius 3 is 1.50 bits per heavy atom. The molecule has 2 N–H and O–H groups in total. The Balaban J connectivity index is -0.0000000883. The molecule has 0 aliphatic rings. The van der Waals surface area contributed by atoms with E-state index in [2.05, 4.69) is 32.2 Å². The number of rotatable bonds is 5. The summed E-state index contributed by atoms with van der Waals surface area (Å²) in [5, 5.41) is 14.0. The normalized spacial score (nSPS) is 7.71. The van der Waals surface area contributed by atoms with E-state index in [-0.39, 0.29) is 21.7 Å². The van der Waals surface area contributed by atoms with E-state index >= 15 is 0 Å². The average molecular weight is 240 g/mol. The van der Waals surface area contributed by atoms with Crippen molar-refractivity contribution in [1.29, 1.82) is 0 Å². The van der Waals surface area contributed by atoms with Crippen LogP contribution in [0.3, 0.4) is 0 Å². The van der Waals surface area contributed by atoms with E-state index in [1.807, 2.05) is 0 Å². The molecule has 3 nitrogen and oxygen atoms in total. The predicted molar refractivity (Wildman–Crippen MR) is 58.4 cm³/mol. The van der Waals surface area contributed by atoms with Gasteiger partial charge in [0.1, 0.15) is 0 Å². The molecule has 0 atom stereocenters. The molecule has 4 heteroatoms. The van der Waals surface area contributed by atoms with Crippen LogP contribution in [0.25, 0.3) is 0 Å². The Bertz CT molecular complexity index is 62.1. The van der Waals surface area contributed by atoms with Gasteiger partial charge < -0.3 is 15.1 Å². The number of aliphatic hydroxyl groups excluding tert-OH is 2. The summed E-state index contributed by atoms with van der Waals surface area (Å²) in [5.41, 5.74) is 0. The van der Waals surface area contributed by atoms with Gasteiger partial charge in [0.05, 0.1) is 0 Å². The first-order valence-corrected chi connectivity index (χ1v) is 4.81. The smallest absolute Gasteiger partial charge is 0.0319 e. The van der Waals surface area contributed by atoms with Crippen molar-refractivity contribution in [2.24, 2.45) is 0 Å². The molecule has 0 aromatic carbocycles. The minimum absolute atomic E-state index is 0. The molecular formula is C10H26NO2Ti-. The molecular weight excluding hydrogens is 214 g/mol. The van der Waals surface area contributed by atoms with Crippen molar-refractivity contribution in [3.8, 4) is 0 Å². The Hall–Kier alpha value is 0.594. The number of unbranched alkanes of at least 4 members (excludes halogenated alkanes) is 1. The van der Waals surface area contributed by atoms with Crippen LogP contribution in [0, 0.1) is 6.54 Å². The summed E-state index contributed by atoms with van der Waals surface area (Å²) in [7, 11) is 2.00. The third-order valence-corrected chi connectivity index (χ3v) is 1.49. The van der Waals surface area contributed by atoms with E-state index < -0.39 is 0 Å². The maximum absolute atomic E-state index is 7.00. The molecule has 0 bridgehead atoms. The zero-order valence-corrected chi connectivity index (χ0v) is 11.8. The second kappa shape index (κ2) is 29.2. The van der Waals surface area contributed by atoms with E-state index in [0.29, 0.717) is 0 Å². The molecule has 0 aliphatic heterocycles. The molecule has 14 heavy (non-hydrogen) atoms. The SMILES string of the molecule is CCC[CH-]N(CC)CC.CO.CO.[Ti]. The van der Waals surface area contributed by atoms with Crippen molar-refractivity contribution in [3.05, 3.63) is 6.54 Å². The van der Waals surface area contributed by atoms with E-state index in [9.17, 15) is 0 Å². The summed E-state index contributed by atoms with van der Waals surface area (Å²) in [6.07, 6.45) is 2.48. The van der Waals surface area contributed by atoms with Crippen molar-refractivity contribution in [2.45, 2.75) is 33.6 Å². The maximum atomic E-state index is 7.00. The van der Waals surface area contributed by atoms with Gasteiger partial charge in [-0.15, -0.1) is 0 Å². The van der Waals surface area contributed by atoms with Crippen molar-refractivity contribution in [2.75, 3.05) is 27.3 Å². The fraction of sp³-hybridized carbons (Fsp3) is 0.900. The molecule has 0 aromatic rings. The molecule has 0 aliphatic carbocycles. The van der Waals surface area contributed by atoms with Gasteiger partial charge in [-0.25, -0.2) is 0 Å². The van der Waals surface area contributed by atoms with Gasteiger partial charge in [0.15, 0.2) is 0 Å². The monoisotopic (exact) mass is 240 g/mol. The summed E-state index contributed by atoms with van der Waals surface area (Å²) in [4.78, 5) is 2.34. The predicted octanol–water partition coefficient (Wildman–Crippen LogP) is 1.50. The van der Waals surface area contributed by atoms with Gasteiger partial charge in [0, 0.05) is 35.9 Å². The molecule has 88 valence electrons. The maximum Gasteiger partial charge on any atom is 0.0319 e. The van der Waals surface area contributed by atoms with Crippen LogP contribution in [-0.4, -0.2) is 42.4 Å². The third kappa shape index (κ3) is 22.9. The first-order chi connectivity index (χ1) is 6.35. The van der Waals surface area contributed by atoms with Gasteiger partial charge in [0.2, 0.25) is 0 Å². The van der Waals surface area contributed by atoms with E-state index in [1.54, 1.807) is 0 Å². The van der Waals surface area contributed by atoms with Gasteiger partial charge in [0.25, 0.3) is 0 Å². The summed E-state index contributed by atoms with van der Waals surface area (Å²) in [6, 6.07) is 0. The first-order valence-electron chi connectivity index (χ1n) is 4.81. The summed E-state index contributed by atoms with van der Waals surface area (Å²) in [6.45, 7) is 11.2. The minimum atomic E-state index is 0. The van der Waals surface area contributed by atoms with Crippen LogP contribution in [0.4, 0.5) is 0 Å². The fourth-order valence-electron chi connectivity index (χ4n) is 0.793. The second-order valence-corrected chi connectivity index (χ2v) is 2.19. The third-order valence-electron chi connectivity index (χ3n) is 1.49. The molecule has 0 radical (unpaired) electrons. The van der Waals surface area contributed by atoms with E-state index in [4.69, 9.17) is 10.2 Å². The Labute approximate surface area is 104 Å². The molecule has 0 unspecified atom stereocenters. The van der Waals surface area contributed by atoms with Crippen LogP contribution in [-0.2, 0) is 21.7 Å². The zero-order valence-electron chi connectivity index (χ0n) is 10.2. The Kier molecular flexibility index (Phi) is 50.1. The standard InChI is InChI=1S/C8H18N.2CH4O.Ti/c1-4-7-8-9(5-2)6-3;2*1-2;/h8H,4-7H2,1-3H3;2*2H,1H3;/q-1;;;. The van der Waals surface area contributed by atoms with Gasteiger partial charge in [-0.3, -0.25) is 6.54 Å². The first kappa shape index (κ1) is 24.0. The summed E-state index contributed by atoms with van der Waals surface area (Å²) in [5.74, 6) is 0. The van der Waals surface area contributed by atoms with Crippen LogP contribution in [0.15, 0.2) is 0 Å². The van der Waals surface area contributed by atoms with Gasteiger partial charge in [-0.2, -0.15) is 6.42 Å². The van der Waals surface area contributed by atoms with Crippen LogP contribution in [0.5, 0.6) is 0 Å². The molecule has 0 saturated heterocycles. The largest absolute Gasteiger partial charge is 0.457 e. The quantitative estimate of drug-likeness (QED) is 0.565. The zero-order chi connectivity index (χ0) is 11.1. The molecule has 0 saturated carbocycles. The van der Waals surface area contributed by atoms with Crippen molar-refractivity contribution in [3.63, 3.8) is 0 Å². The summed E-state index contributed by atoms with van der Waals surface area (Å²) >= 11 is 0. The van der Waals surface area contributed by atoms with Crippen molar-refractivity contribution < 1.29 is 31.9 Å². The average Bonchev–Trinajstić information content (AvgIpc) is 2.25. The molecule has 0 spiro atoms. The van der Waals surface area contributed by atoms with Crippen LogP contribution >= 0.6 is 0 Å². The van der Waals surface area contributed by atoms with Crippen LogP contribution in [0.1, 0.15) is 33.6 Å². The molecule has 0 heterocycles. The van der Waals surface area contributed by atoms with E-state index in [1.165, 1.54) is 12.8 Å². The van der Waals surface area contributed by atoms with Crippen LogP contribution < -0.4 is 0 Å². The van der Waals surface area contributed by atoms with E-state index in [0.717, 1.165) is 27.3 Å². The summed E-state index contributed by atoms with van der Waals surface area (Å²) < 4.78 is 0. The molecule has 0 fully saturated rings. The van der Waals surface area contributed by atoms with Crippen molar-refractivity contribution >= 4 is 0 Å². The van der Waals surface area contributed by atoms with Gasteiger partial charge in [-0.05, 0) is 13.1 Å². The van der Waals surface area contributed by atoms with Crippen molar-refractivity contribution in [1.82, 2.24) is 4.90 Å². The number of hydrogen-bond acceptors (Lipinski definition) is 3. The topological polar surface area (TPSA) is 43.7 Å². The molecule has 0 amide bonds.